The van der Waals surface area contributed by atoms with Crippen LogP contribution in [0.1, 0.15) is 24.4 Å². The van der Waals surface area contributed by atoms with Crippen LogP contribution in [0.15, 0.2) is 35.3 Å². The topological polar surface area (TPSA) is 27.6 Å². The molecule has 2 aliphatic heterocycles. The summed E-state index contributed by atoms with van der Waals surface area (Å²) in [6.45, 7) is 2.38. The van der Waals surface area contributed by atoms with Gasteiger partial charge in [0.15, 0.2) is 5.17 Å². The van der Waals surface area contributed by atoms with Gasteiger partial charge in [-0.3, -0.25) is 4.99 Å². The number of nitrogens with zero attached hydrogens (tertiary/aromatic N) is 2. The van der Waals surface area contributed by atoms with Gasteiger partial charge in [0.25, 0.3) is 0 Å². The lowest BCUT2D eigenvalue weighted by atomic mass is 10.1. The predicted molar refractivity (Wildman–Crippen MR) is 82.7 cm³/mol. The molecule has 0 radical (unpaired) electrons. The zero-order valence-electron chi connectivity index (χ0n) is 11.4. The summed E-state index contributed by atoms with van der Waals surface area (Å²) in [5.41, 5.74) is 1.33. The molecule has 102 valence electrons. The maximum Gasteiger partial charge on any atom is 0.157 e. The molecule has 0 amide bonds. The van der Waals surface area contributed by atoms with Crippen LogP contribution in [0.25, 0.3) is 0 Å². The van der Waals surface area contributed by atoms with E-state index < -0.39 is 0 Å². The molecule has 1 atom stereocenters. The molecule has 0 bridgehead atoms. The minimum absolute atomic E-state index is 0.333. The summed E-state index contributed by atoms with van der Waals surface area (Å²) in [5.74, 6) is 1.07. The summed E-state index contributed by atoms with van der Waals surface area (Å²) in [6, 6.07) is 11.5. The first kappa shape index (κ1) is 13.0. The zero-order chi connectivity index (χ0) is 13.1. The molecule has 19 heavy (non-hydrogen) atoms. The average Bonchev–Trinajstić information content (AvgIpc) is 2.91. The van der Waals surface area contributed by atoms with Crippen molar-refractivity contribution in [1.82, 2.24) is 10.2 Å². The number of hydrogen-bond donors (Lipinski definition) is 1. The Labute approximate surface area is 119 Å². The number of amidine groups is 1. The molecule has 1 unspecified atom stereocenters. The van der Waals surface area contributed by atoms with Crippen LogP contribution in [0, 0.1) is 0 Å². The quantitative estimate of drug-likeness (QED) is 0.899. The monoisotopic (exact) mass is 275 g/mol. The van der Waals surface area contributed by atoms with Crippen LogP contribution in [0.3, 0.4) is 0 Å². The van der Waals surface area contributed by atoms with E-state index in [9.17, 15) is 0 Å². The Balaban J connectivity index is 1.58. The number of piperidine rings is 1. The van der Waals surface area contributed by atoms with E-state index in [2.05, 4.69) is 47.6 Å². The molecule has 3 rings (SSSR count). The van der Waals surface area contributed by atoms with Crippen LogP contribution >= 0.6 is 11.8 Å². The molecule has 2 aliphatic rings. The van der Waals surface area contributed by atoms with E-state index in [1.165, 1.54) is 31.5 Å². The van der Waals surface area contributed by atoms with E-state index in [0.717, 1.165) is 10.9 Å². The molecular weight excluding hydrogens is 254 g/mol. The van der Waals surface area contributed by atoms with Crippen molar-refractivity contribution in [3.8, 4) is 0 Å². The van der Waals surface area contributed by atoms with Gasteiger partial charge in [-0.2, -0.15) is 0 Å². The molecule has 1 aromatic carbocycles. The first-order valence-electron chi connectivity index (χ1n) is 7.02. The van der Waals surface area contributed by atoms with Crippen molar-refractivity contribution in [2.75, 3.05) is 25.9 Å². The Morgan fingerprint density at radius 1 is 1.21 bits per heavy atom. The Morgan fingerprint density at radius 3 is 2.68 bits per heavy atom. The van der Waals surface area contributed by atoms with Gasteiger partial charge in [-0.1, -0.05) is 42.1 Å². The van der Waals surface area contributed by atoms with E-state index in [1.54, 1.807) is 0 Å². The van der Waals surface area contributed by atoms with E-state index >= 15 is 0 Å². The van der Waals surface area contributed by atoms with Crippen molar-refractivity contribution in [3.05, 3.63) is 35.9 Å². The third-order valence-electron chi connectivity index (χ3n) is 3.88. The Hall–Kier alpha value is -1.00. The lowest BCUT2D eigenvalue weighted by Crippen LogP contribution is -2.42. The normalized spacial score (nSPS) is 25.3. The van der Waals surface area contributed by atoms with Gasteiger partial charge in [-0.25, -0.2) is 0 Å². The number of nitrogens with one attached hydrogen (secondary N) is 1. The number of likely N-dealkylation sites (tertiary alicyclic amines) is 1. The zero-order valence-corrected chi connectivity index (χ0v) is 12.2. The van der Waals surface area contributed by atoms with Crippen LogP contribution in [0.4, 0.5) is 0 Å². The number of thioether (sulfide) groups is 1. The number of benzene rings is 1. The van der Waals surface area contributed by atoms with Crippen molar-refractivity contribution in [1.29, 1.82) is 0 Å². The van der Waals surface area contributed by atoms with Gasteiger partial charge >= 0.3 is 0 Å². The molecule has 1 saturated heterocycles. The summed E-state index contributed by atoms with van der Waals surface area (Å²) in [4.78, 5) is 7.22. The number of rotatable bonds is 2. The van der Waals surface area contributed by atoms with Crippen LogP contribution in [-0.4, -0.2) is 42.0 Å². The summed E-state index contributed by atoms with van der Waals surface area (Å²) in [7, 11) is 2.20. The highest BCUT2D eigenvalue weighted by atomic mass is 32.2. The van der Waals surface area contributed by atoms with Crippen molar-refractivity contribution >= 4 is 16.9 Å². The lowest BCUT2D eigenvalue weighted by Gasteiger charge is -2.29. The summed E-state index contributed by atoms with van der Waals surface area (Å²) in [6.07, 6.45) is 2.46. The van der Waals surface area contributed by atoms with Crippen molar-refractivity contribution in [2.24, 2.45) is 4.99 Å². The van der Waals surface area contributed by atoms with E-state index in [-0.39, 0.29) is 0 Å². The highest BCUT2D eigenvalue weighted by molar-refractivity contribution is 8.14. The lowest BCUT2D eigenvalue weighted by molar-refractivity contribution is 0.247. The maximum atomic E-state index is 4.83. The van der Waals surface area contributed by atoms with Crippen LogP contribution in [-0.2, 0) is 0 Å². The maximum absolute atomic E-state index is 4.83. The number of hydrogen-bond acceptors (Lipinski definition) is 4. The SMILES string of the molecule is CN1CCC(NC2=NC(c3ccccc3)CS2)CC1. The molecule has 3 nitrogen and oxygen atoms in total. The van der Waals surface area contributed by atoms with Crippen LogP contribution in [0.5, 0.6) is 0 Å². The Bertz CT molecular complexity index is 438. The third kappa shape index (κ3) is 3.31. The van der Waals surface area contributed by atoms with Crippen molar-refractivity contribution in [2.45, 2.75) is 24.9 Å². The molecule has 0 spiro atoms. The van der Waals surface area contributed by atoms with Gasteiger partial charge in [-0.05, 0) is 38.5 Å². The first-order chi connectivity index (χ1) is 9.31. The Morgan fingerprint density at radius 2 is 1.95 bits per heavy atom. The predicted octanol–water partition coefficient (Wildman–Crippen LogP) is 2.51. The first-order valence-corrected chi connectivity index (χ1v) is 8.00. The summed E-state index contributed by atoms with van der Waals surface area (Å²) in [5, 5.41) is 4.77. The van der Waals surface area contributed by atoms with Crippen LogP contribution < -0.4 is 5.32 Å². The average molecular weight is 275 g/mol. The molecular formula is C15H21N3S. The molecule has 0 aromatic heterocycles. The third-order valence-corrected chi connectivity index (χ3v) is 4.86. The fraction of sp³-hybridized carbons (Fsp3) is 0.533. The van der Waals surface area contributed by atoms with E-state index in [0.29, 0.717) is 12.1 Å². The molecule has 0 saturated carbocycles. The highest BCUT2D eigenvalue weighted by Gasteiger charge is 2.23. The van der Waals surface area contributed by atoms with E-state index in [1.807, 2.05) is 11.8 Å². The van der Waals surface area contributed by atoms with Gasteiger partial charge in [0.05, 0.1) is 6.04 Å². The number of aliphatic imine (C=N–C) groups is 1. The summed E-state index contributed by atoms with van der Waals surface area (Å²) < 4.78 is 0. The molecule has 0 aliphatic carbocycles. The van der Waals surface area contributed by atoms with Crippen molar-refractivity contribution in [3.63, 3.8) is 0 Å². The molecule has 2 heterocycles. The highest BCUT2D eigenvalue weighted by Crippen LogP contribution is 2.29. The van der Waals surface area contributed by atoms with Crippen molar-refractivity contribution < 1.29 is 0 Å². The minimum Gasteiger partial charge on any atom is -0.362 e. The van der Waals surface area contributed by atoms with Crippen LogP contribution in [0.2, 0.25) is 0 Å². The van der Waals surface area contributed by atoms with E-state index in [4.69, 9.17) is 4.99 Å². The summed E-state index contributed by atoms with van der Waals surface area (Å²) >= 11 is 1.87. The second kappa shape index (κ2) is 5.97. The molecule has 1 fully saturated rings. The van der Waals surface area contributed by atoms with Gasteiger partial charge in [-0.15, -0.1) is 0 Å². The fourth-order valence-electron chi connectivity index (χ4n) is 2.63. The standard InChI is InChI=1S/C15H21N3S/c1-18-9-7-13(8-10-18)16-15-17-14(11-19-15)12-5-3-2-4-6-12/h2-6,13-14H,7-11H2,1H3,(H,16,17). The Kier molecular flexibility index (Phi) is 4.09. The molecule has 1 aromatic rings. The molecule has 4 heteroatoms. The molecule has 1 N–H and O–H groups in total. The largest absolute Gasteiger partial charge is 0.362 e. The van der Waals surface area contributed by atoms with Gasteiger partial charge in [0, 0.05) is 11.8 Å². The fourth-order valence-corrected chi connectivity index (χ4v) is 3.66. The second-order valence-corrected chi connectivity index (χ2v) is 6.40. The van der Waals surface area contributed by atoms with Gasteiger partial charge in [0.2, 0.25) is 0 Å². The second-order valence-electron chi connectivity index (χ2n) is 5.39. The van der Waals surface area contributed by atoms with Gasteiger partial charge in [0.1, 0.15) is 0 Å². The van der Waals surface area contributed by atoms with Gasteiger partial charge < -0.3 is 10.2 Å². The minimum atomic E-state index is 0.333. The smallest absolute Gasteiger partial charge is 0.157 e.